The van der Waals surface area contributed by atoms with Gasteiger partial charge in [0.25, 0.3) is 0 Å². The molecule has 1 aromatic carbocycles. The molecule has 0 aliphatic carbocycles. The summed E-state index contributed by atoms with van der Waals surface area (Å²) in [6, 6.07) is 4.48. The van der Waals surface area contributed by atoms with Crippen LogP contribution in [0.1, 0.15) is 39.7 Å². The van der Waals surface area contributed by atoms with Gasteiger partial charge in [-0.15, -0.1) is 0 Å². The fourth-order valence-electron chi connectivity index (χ4n) is 1.73. The van der Waals surface area contributed by atoms with Gasteiger partial charge in [0.15, 0.2) is 0 Å². The van der Waals surface area contributed by atoms with Gasteiger partial charge >= 0.3 is 5.97 Å². The van der Waals surface area contributed by atoms with Crippen LogP contribution in [0.4, 0.5) is 0 Å². The zero-order valence-electron chi connectivity index (χ0n) is 12.1. The summed E-state index contributed by atoms with van der Waals surface area (Å²) in [5.41, 5.74) is 0.733. The van der Waals surface area contributed by atoms with Gasteiger partial charge in [-0.3, -0.25) is 4.79 Å². The van der Waals surface area contributed by atoms with Crippen LogP contribution >= 0.6 is 0 Å². The molecule has 0 bridgehead atoms. The molecule has 1 aliphatic rings. The monoisotopic (exact) mass is 268 g/mol. The quantitative estimate of drug-likeness (QED) is 0.808. The van der Waals surface area contributed by atoms with Crippen molar-refractivity contribution in [3.05, 3.63) is 23.8 Å². The third-order valence-electron chi connectivity index (χ3n) is 2.51. The third kappa shape index (κ3) is 5.64. The average Bonchev–Trinajstić information content (AvgIpc) is 2.83. The molecule has 108 valence electrons. The Bertz CT molecular complexity index is 388. The van der Waals surface area contributed by atoms with Crippen molar-refractivity contribution in [2.45, 2.75) is 40.5 Å². The number of ether oxygens (including phenoxy) is 1. The van der Waals surface area contributed by atoms with Crippen molar-refractivity contribution in [2.75, 3.05) is 6.61 Å². The molecule has 4 heteroatoms. The molecule has 2 rings (SSSR count). The van der Waals surface area contributed by atoms with Crippen molar-refractivity contribution in [1.82, 2.24) is 0 Å². The Morgan fingerprint density at radius 3 is 2.32 bits per heavy atom. The first-order valence-electron chi connectivity index (χ1n) is 6.81. The summed E-state index contributed by atoms with van der Waals surface area (Å²) >= 11 is 0. The van der Waals surface area contributed by atoms with E-state index in [9.17, 15) is 9.90 Å². The summed E-state index contributed by atoms with van der Waals surface area (Å²) in [4.78, 5) is 10.9. The van der Waals surface area contributed by atoms with Gasteiger partial charge in [0, 0.05) is 12.0 Å². The van der Waals surface area contributed by atoms with Gasteiger partial charge in [0.2, 0.25) is 0 Å². The maximum atomic E-state index is 10.9. The maximum Gasteiger partial charge on any atom is 0.306 e. The van der Waals surface area contributed by atoms with Crippen LogP contribution in [0.3, 0.4) is 0 Å². The summed E-state index contributed by atoms with van der Waals surface area (Å²) in [6.07, 6.45) is 0.998. The fraction of sp³-hybridized carbons (Fsp3) is 0.533. The van der Waals surface area contributed by atoms with E-state index in [2.05, 4.69) is 0 Å². The molecular formula is C15H24O4. The molecule has 1 atom stereocenters. The highest BCUT2D eigenvalue weighted by atomic mass is 16.5. The summed E-state index contributed by atoms with van der Waals surface area (Å²) in [5, 5.41) is 18.6. The summed E-state index contributed by atoms with van der Waals surface area (Å²) in [6.45, 7) is 8.42. The average molecular weight is 268 g/mol. The van der Waals surface area contributed by atoms with Gasteiger partial charge in [-0.25, -0.2) is 0 Å². The minimum Gasteiger partial charge on any atom is -0.508 e. The minimum absolute atomic E-state index is 0.0370. The number of carbonyl (C=O) groups is 1. The van der Waals surface area contributed by atoms with E-state index in [1.165, 1.54) is 12.1 Å². The number of aromatic hydroxyl groups is 2. The number of hydrogen-bond acceptors (Lipinski definition) is 4. The van der Waals surface area contributed by atoms with Crippen LogP contribution in [0, 0.1) is 5.92 Å². The number of benzene rings is 1. The van der Waals surface area contributed by atoms with Gasteiger partial charge in [0.05, 0.1) is 13.0 Å². The van der Waals surface area contributed by atoms with Crippen LogP contribution in [0.25, 0.3) is 0 Å². The Morgan fingerprint density at radius 2 is 1.84 bits per heavy atom. The normalized spacial score (nSPS) is 16.6. The summed E-state index contributed by atoms with van der Waals surface area (Å²) in [7, 11) is 0. The van der Waals surface area contributed by atoms with Gasteiger partial charge < -0.3 is 14.9 Å². The van der Waals surface area contributed by atoms with Crippen LogP contribution in [-0.2, 0) is 16.0 Å². The van der Waals surface area contributed by atoms with Crippen molar-refractivity contribution >= 4 is 5.97 Å². The zero-order chi connectivity index (χ0) is 14.8. The Labute approximate surface area is 115 Å². The lowest BCUT2D eigenvalue weighted by molar-refractivity contribution is -0.137. The molecule has 0 spiro atoms. The Hall–Kier alpha value is -1.71. The van der Waals surface area contributed by atoms with Crippen LogP contribution in [0.5, 0.6) is 11.5 Å². The van der Waals surface area contributed by atoms with Crippen molar-refractivity contribution in [3.8, 4) is 11.5 Å². The van der Waals surface area contributed by atoms with Gasteiger partial charge in [-0.2, -0.15) is 0 Å². The van der Waals surface area contributed by atoms with E-state index in [0.717, 1.165) is 5.56 Å². The number of phenolic OH excluding ortho intramolecular Hbond substituents is 2. The molecule has 4 nitrogen and oxygen atoms in total. The Morgan fingerprint density at radius 1 is 1.21 bits per heavy atom. The molecular weight excluding hydrogens is 244 g/mol. The van der Waals surface area contributed by atoms with Crippen molar-refractivity contribution in [2.24, 2.45) is 5.92 Å². The largest absolute Gasteiger partial charge is 0.508 e. The van der Waals surface area contributed by atoms with Crippen LogP contribution in [-0.4, -0.2) is 22.8 Å². The maximum absolute atomic E-state index is 10.9. The standard InChI is InChI=1S/C11H12O4.2C2H6/c12-9-2-1-8(10(13)5-9)3-7-4-11(14)15-6-7;2*1-2/h1-2,5,7,12-13H,3-4,6H2;2*1-2H3. The molecule has 1 fully saturated rings. The van der Waals surface area contributed by atoms with Gasteiger partial charge in [-0.1, -0.05) is 33.8 Å². The van der Waals surface area contributed by atoms with Crippen LogP contribution in [0.2, 0.25) is 0 Å². The second kappa shape index (κ2) is 9.25. The van der Waals surface area contributed by atoms with Crippen LogP contribution < -0.4 is 0 Å². The van der Waals surface area contributed by atoms with E-state index < -0.39 is 0 Å². The van der Waals surface area contributed by atoms with E-state index in [-0.39, 0.29) is 23.4 Å². The molecule has 0 saturated carbocycles. The number of cyclic esters (lactones) is 1. The number of rotatable bonds is 2. The lowest BCUT2D eigenvalue weighted by atomic mass is 9.98. The van der Waals surface area contributed by atoms with E-state index >= 15 is 0 Å². The molecule has 0 radical (unpaired) electrons. The zero-order valence-corrected chi connectivity index (χ0v) is 12.1. The van der Waals surface area contributed by atoms with Gasteiger partial charge in [-0.05, 0) is 18.1 Å². The molecule has 1 aliphatic heterocycles. The van der Waals surface area contributed by atoms with E-state index in [4.69, 9.17) is 9.84 Å². The van der Waals surface area contributed by atoms with Crippen molar-refractivity contribution in [3.63, 3.8) is 0 Å². The molecule has 1 saturated heterocycles. The topological polar surface area (TPSA) is 66.8 Å². The third-order valence-corrected chi connectivity index (χ3v) is 2.51. The highest BCUT2D eigenvalue weighted by Gasteiger charge is 2.24. The summed E-state index contributed by atoms with van der Waals surface area (Å²) < 4.78 is 4.83. The molecule has 1 unspecified atom stereocenters. The highest BCUT2D eigenvalue weighted by Crippen LogP contribution is 2.27. The second-order valence-electron chi connectivity index (χ2n) is 3.77. The molecule has 0 amide bonds. The molecule has 2 N–H and O–H groups in total. The number of phenols is 2. The Balaban J connectivity index is 0.000000741. The first-order chi connectivity index (χ1) is 9.15. The van der Waals surface area contributed by atoms with E-state index in [1.54, 1.807) is 6.07 Å². The smallest absolute Gasteiger partial charge is 0.306 e. The second-order valence-corrected chi connectivity index (χ2v) is 3.77. The van der Waals surface area contributed by atoms with Crippen molar-refractivity contribution < 1.29 is 19.7 Å². The lowest BCUT2D eigenvalue weighted by Gasteiger charge is -2.08. The number of carbonyl (C=O) groups excluding carboxylic acids is 1. The summed E-state index contributed by atoms with van der Waals surface area (Å²) in [5.74, 6) is 0.0514. The van der Waals surface area contributed by atoms with E-state index in [0.29, 0.717) is 19.4 Å². The predicted molar refractivity (Wildman–Crippen MR) is 75.2 cm³/mol. The number of esters is 1. The molecule has 0 aromatic heterocycles. The predicted octanol–water partition coefficient (Wildman–Crippen LogP) is 3.26. The van der Waals surface area contributed by atoms with E-state index in [1.807, 2.05) is 27.7 Å². The molecule has 1 aromatic rings. The fourth-order valence-corrected chi connectivity index (χ4v) is 1.73. The SMILES string of the molecule is CC.CC.O=C1CC(Cc2ccc(O)cc2O)CO1. The van der Waals surface area contributed by atoms with Gasteiger partial charge in [0.1, 0.15) is 11.5 Å². The van der Waals surface area contributed by atoms with Crippen LogP contribution in [0.15, 0.2) is 18.2 Å². The lowest BCUT2D eigenvalue weighted by Crippen LogP contribution is -2.03. The molecule has 19 heavy (non-hydrogen) atoms. The first-order valence-corrected chi connectivity index (χ1v) is 6.81. The first kappa shape index (κ1) is 17.3. The van der Waals surface area contributed by atoms with Crippen molar-refractivity contribution in [1.29, 1.82) is 0 Å². The number of hydrogen-bond donors (Lipinski definition) is 2. The Kier molecular flexibility index (Phi) is 8.42. The highest BCUT2D eigenvalue weighted by molar-refractivity contribution is 5.71. The molecule has 1 heterocycles. The minimum atomic E-state index is -0.182.